The molecular weight excluding hydrogens is 313 g/mol. The van der Waals surface area contributed by atoms with Crippen LogP contribution in [0.25, 0.3) is 6.08 Å². The highest BCUT2D eigenvalue weighted by molar-refractivity contribution is 6.34. The number of amides is 1. The molecule has 6 heteroatoms. The van der Waals surface area contributed by atoms with E-state index in [0.29, 0.717) is 22.0 Å². The summed E-state index contributed by atoms with van der Waals surface area (Å²) in [6.07, 6.45) is 3.40. The van der Waals surface area contributed by atoms with E-state index in [9.17, 15) is 9.59 Å². The van der Waals surface area contributed by atoms with Gasteiger partial charge in [0, 0.05) is 16.1 Å². The predicted molar refractivity (Wildman–Crippen MR) is 84.5 cm³/mol. The number of benzene rings is 1. The molecule has 0 aliphatic carbocycles. The van der Waals surface area contributed by atoms with E-state index < -0.39 is 17.9 Å². The van der Waals surface area contributed by atoms with Crippen LogP contribution in [0.15, 0.2) is 24.3 Å². The smallest absolute Gasteiger partial charge is 0.326 e. The summed E-state index contributed by atoms with van der Waals surface area (Å²) >= 11 is 11.8. The summed E-state index contributed by atoms with van der Waals surface area (Å²) in [7, 11) is 0. The molecule has 2 atom stereocenters. The summed E-state index contributed by atoms with van der Waals surface area (Å²) in [4.78, 5) is 22.9. The molecule has 0 aliphatic rings. The van der Waals surface area contributed by atoms with Crippen molar-refractivity contribution in [1.29, 1.82) is 0 Å². The van der Waals surface area contributed by atoms with Gasteiger partial charge in [-0.2, -0.15) is 0 Å². The Balaban J connectivity index is 2.78. The minimum absolute atomic E-state index is 0.158. The van der Waals surface area contributed by atoms with Crippen molar-refractivity contribution in [2.24, 2.45) is 5.92 Å². The third-order valence-electron chi connectivity index (χ3n) is 3.15. The Morgan fingerprint density at radius 3 is 2.62 bits per heavy atom. The molecule has 1 aromatic carbocycles. The second kappa shape index (κ2) is 8.05. The maximum Gasteiger partial charge on any atom is 0.326 e. The third-order valence-corrected chi connectivity index (χ3v) is 3.73. The van der Waals surface area contributed by atoms with Gasteiger partial charge in [0.25, 0.3) is 0 Å². The van der Waals surface area contributed by atoms with Crippen molar-refractivity contribution >= 4 is 41.2 Å². The zero-order valence-electron chi connectivity index (χ0n) is 11.8. The maximum atomic E-state index is 11.8. The SMILES string of the molecule is CCC(C)[C@H](NC(=O)C=Cc1cc(Cl)ccc1Cl)C(=O)O. The van der Waals surface area contributed by atoms with Gasteiger partial charge in [0.05, 0.1) is 0 Å². The molecule has 1 amide bonds. The number of carbonyl (C=O) groups excluding carboxylic acids is 1. The van der Waals surface area contributed by atoms with E-state index in [-0.39, 0.29) is 5.92 Å². The molecular formula is C15H17Cl2NO3. The van der Waals surface area contributed by atoms with Gasteiger partial charge in [-0.05, 0) is 35.8 Å². The van der Waals surface area contributed by atoms with E-state index >= 15 is 0 Å². The number of carboxylic acid groups (broad SMARTS) is 1. The molecule has 0 heterocycles. The van der Waals surface area contributed by atoms with Crippen molar-refractivity contribution in [2.75, 3.05) is 0 Å². The fourth-order valence-corrected chi connectivity index (χ4v) is 2.05. The maximum absolute atomic E-state index is 11.8. The number of hydrogen-bond acceptors (Lipinski definition) is 2. The molecule has 21 heavy (non-hydrogen) atoms. The Morgan fingerprint density at radius 2 is 2.05 bits per heavy atom. The lowest BCUT2D eigenvalue weighted by atomic mass is 9.99. The second-order valence-electron chi connectivity index (χ2n) is 4.71. The van der Waals surface area contributed by atoms with Crippen LogP contribution in [0.2, 0.25) is 10.0 Å². The minimum Gasteiger partial charge on any atom is -0.480 e. The van der Waals surface area contributed by atoms with Crippen LogP contribution in [0.3, 0.4) is 0 Å². The highest BCUT2D eigenvalue weighted by Crippen LogP contribution is 2.21. The summed E-state index contributed by atoms with van der Waals surface area (Å²) in [6, 6.07) is 3.98. The van der Waals surface area contributed by atoms with Gasteiger partial charge >= 0.3 is 5.97 Å². The molecule has 0 spiro atoms. The first kappa shape index (κ1) is 17.5. The average molecular weight is 330 g/mol. The lowest BCUT2D eigenvalue weighted by Crippen LogP contribution is -2.44. The lowest BCUT2D eigenvalue weighted by Gasteiger charge is -2.19. The van der Waals surface area contributed by atoms with E-state index in [1.54, 1.807) is 25.1 Å². The zero-order chi connectivity index (χ0) is 16.0. The van der Waals surface area contributed by atoms with Gasteiger partial charge in [-0.15, -0.1) is 0 Å². The molecule has 0 radical (unpaired) electrons. The summed E-state index contributed by atoms with van der Waals surface area (Å²) in [5, 5.41) is 12.5. The van der Waals surface area contributed by atoms with Crippen molar-refractivity contribution in [2.45, 2.75) is 26.3 Å². The summed E-state index contributed by atoms with van der Waals surface area (Å²) in [5.41, 5.74) is 0.592. The van der Waals surface area contributed by atoms with Crippen LogP contribution < -0.4 is 5.32 Å². The monoisotopic (exact) mass is 329 g/mol. The molecule has 1 rings (SSSR count). The number of carbonyl (C=O) groups is 2. The van der Waals surface area contributed by atoms with Gasteiger partial charge in [0.1, 0.15) is 6.04 Å². The van der Waals surface area contributed by atoms with Crippen molar-refractivity contribution in [3.8, 4) is 0 Å². The molecule has 1 unspecified atom stereocenters. The molecule has 0 bridgehead atoms. The van der Waals surface area contributed by atoms with Crippen molar-refractivity contribution in [3.63, 3.8) is 0 Å². The van der Waals surface area contributed by atoms with Gasteiger partial charge in [-0.1, -0.05) is 43.5 Å². The van der Waals surface area contributed by atoms with Gasteiger partial charge in [-0.3, -0.25) is 4.79 Å². The highest BCUT2D eigenvalue weighted by Gasteiger charge is 2.24. The van der Waals surface area contributed by atoms with E-state index in [4.69, 9.17) is 28.3 Å². The van der Waals surface area contributed by atoms with Crippen LogP contribution in [0.4, 0.5) is 0 Å². The number of aliphatic carboxylic acids is 1. The number of halogens is 2. The Kier molecular flexibility index (Phi) is 6.72. The van der Waals surface area contributed by atoms with Crippen LogP contribution in [0, 0.1) is 5.92 Å². The van der Waals surface area contributed by atoms with Gasteiger partial charge in [0.15, 0.2) is 0 Å². The minimum atomic E-state index is -1.05. The number of hydrogen-bond donors (Lipinski definition) is 2. The van der Waals surface area contributed by atoms with Crippen molar-refractivity contribution in [1.82, 2.24) is 5.32 Å². The van der Waals surface area contributed by atoms with Crippen LogP contribution in [-0.4, -0.2) is 23.0 Å². The molecule has 2 N–H and O–H groups in total. The van der Waals surface area contributed by atoms with E-state index in [2.05, 4.69) is 5.32 Å². The topological polar surface area (TPSA) is 66.4 Å². The fraction of sp³-hybridized carbons (Fsp3) is 0.333. The Bertz CT molecular complexity index is 558. The average Bonchev–Trinajstić information content (AvgIpc) is 2.44. The first-order valence-electron chi connectivity index (χ1n) is 6.51. The molecule has 0 saturated heterocycles. The standard InChI is InChI=1S/C15H17Cl2NO3/c1-3-9(2)14(15(20)21)18-13(19)7-4-10-8-11(16)5-6-12(10)17/h4-9,14H,3H2,1-2H3,(H,18,19)(H,20,21)/t9?,14-/m0/s1. The molecule has 0 saturated carbocycles. The molecule has 114 valence electrons. The number of nitrogens with one attached hydrogen (secondary N) is 1. The van der Waals surface area contributed by atoms with E-state index in [1.165, 1.54) is 12.2 Å². The highest BCUT2D eigenvalue weighted by atomic mass is 35.5. The van der Waals surface area contributed by atoms with Crippen LogP contribution >= 0.6 is 23.2 Å². The molecule has 0 aliphatic heterocycles. The van der Waals surface area contributed by atoms with Gasteiger partial charge in [-0.25, -0.2) is 4.79 Å². The summed E-state index contributed by atoms with van der Waals surface area (Å²) in [5.74, 6) is -1.69. The summed E-state index contributed by atoms with van der Waals surface area (Å²) in [6.45, 7) is 3.64. The Morgan fingerprint density at radius 1 is 1.38 bits per heavy atom. The van der Waals surface area contributed by atoms with E-state index in [0.717, 1.165) is 0 Å². The predicted octanol–water partition coefficient (Wildman–Crippen LogP) is 3.62. The largest absolute Gasteiger partial charge is 0.480 e. The van der Waals surface area contributed by atoms with Gasteiger partial charge in [0.2, 0.25) is 5.91 Å². The van der Waals surface area contributed by atoms with Gasteiger partial charge < -0.3 is 10.4 Å². The molecule has 0 aromatic heterocycles. The molecule has 4 nitrogen and oxygen atoms in total. The zero-order valence-corrected chi connectivity index (χ0v) is 13.3. The van der Waals surface area contributed by atoms with Crippen LogP contribution in [0.5, 0.6) is 0 Å². The molecule has 1 aromatic rings. The fourth-order valence-electron chi connectivity index (χ4n) is 1.69. The molecule has 0 fully saturated rings. The Labute approximate surface area is 133 Å². The number of carboxylic acids is 1. The lowest BCUT2D eigenvalue weighted by molar-refractivity contribution is -0.142. The van der Waals surface area contributed by atoms with Crippen molar-refractivity contribution in [3.05, 3.63) is 39.9 Å². The first-order valence-corrected chi connectivity index (χ1v) is 7.27. The number of rotatable bonds is 6. The van der Waals surface area contributed by atoms with Crippen LogP contribution in [0.1, 0.15) is 25.8 Å². The summed E-state index contributed by atoms with van der Waals surface area (Å²) < 4.78 is 0. The normalized spacial score (nSPS) is 13.9. The first-order chi connectivity index (χ1) is 9.85. The van der Waals surface area contributed by atoms with Crippen molar-refractivity contribution < 1.29 is 14.7 Å². The Hall–Kier alpha value is -1.52. The second-order valence-corrected chi connectivity index (χ2v) is 5.55. The quantitative estimate of drug-likeness (QED) is 0.783. The third kappa shape index (κ3) is 5.40. The van der Waals surface area contributed by atoms with E-state index in [1.807, 2.05) is 6.92 Å². The van der Waals surface area contributed by atoms with Crippen LogP contribution in [-0.2, 0) is 9.59 Å².